The maximum Gasteiger partial charge on any atom is 0.331 e. The van der Waals surface area contributed by atoms with Crippen molar-refractivity contribution in [3.05, 3.63) is 0 Å². The van der Waals surface area contributed by atoms with Gasteiger partial charge >= 0.3 is 5.97 Å². The van der Waals surface area contributed by atoms with Gasteiger partial charge in [0.25, 0.3) is 0 Å². The average Bonchev–Trinajstić information content (AvgIpc) is 2.79. The number of esters is 1. The zero-order valence-corrected chi connectivity index (χ0v) is 19.1. The van der Waals surface area contributed by atoms with Crippen LogP contribution in [0.4, 0.5) is 0 Å². The average molecular weight is 420 g/mol. The summed E-state index contributed by atoms with van der Waals surface area (Å²) in [5.41, 5.74) is -1.31. The standard InChI is InChI=1S/C25H41NO4/c1-3-5-7-20-10-14-22(15-11-20)30-24(27)25(16-26)17-28-23(29-18-25)21-12-8-19(6-4-2)9-13-21/h19-23H,3-15,17-18H2,1-2H3. The second-order valence-corrected chi connectivity index (χ2v) is 9.94. The number of nitrogens with zero attached hydrogens (tertiary/aromatic N) is 1. The third kappa shape index (κ3) is 5.98. The molecule has 0 aromatic heterocycles. The molecule has 3 fully saturated rings. The van der Waals surface area contributed by atoms with Gasteiger partial charge in [-0.25, -0.2) is 0 Å². The summed E-state index contributed by atoms with van der Waals surface area (Å²) in [6.45, 7) is 4.66. The van der Waals surface area contributed by atoms with Crippen LogP contribution in [0.15, 0.2) is 0 Å². The smallest absolute Gasteiger partial charge is 0.331 e. The Hall–Kier alpha value is -1.12. The van der Waals surface area contributed by atoms with E-state index in [4.69, 9.17) is 14.2 Å². The molecule has 0 aromatic carbocycles. The van der Waals surface area contributed by atoms with Gasteiger partial charge in [0, 0.05) is 5.92 Å². The molecule has 1 heterocycles. The first-order chi connectivity index (χ1) is 14.6. The highest BCUT2D eigenvalue weighted by atomic mass is 16.7. The third-order valence-corrected chi connectivity index (χ3v) is 7.60. The maximum atomic E-state index is 12.9. The minimum absolute atomic E-state index is 0.0628. The zero-order valence-electron chi connectivity index (χ0n) is 19.1. The Morgan fingerprint density at radius 1 is 0.933 bits per heavy atom. The molecule has 0 amide bonds. The first-order valence-corrected chi connectivity index (χ1v) is 12.5. The number of nitriles is 1. The van der Waals surface area contributed by atoms with Gasteiger partial charge < -0.3 is 14.2 Å². The van der Waals surface area contributed by atoms with Crippen LogP contribution >= 0.6 is 0 Å². The molecule has 0 N–H and O–H groups in total. The fourth-order valence-electron chi connectivity index (χ4n) is 5.49. The van der Waals surface area contributed by atoms with Gasteiger partial charge in [0.2, 0.25) is 5.41 Å². The molecule has 0 bridgehead atoms. The maximum absolute atomic E-state index is 12.9. The Labute approximate surface area is 182 Å². The predicted molar refractivity (Wildman–Crippen MR) is 115 cm³/mol. The fraction of sp³-hybridized carbons (Fsp3) is 0.920. The summed E-state index contributed by atoms with van der Waals surface area (Å²) in [5.74, 6) is 1.52. The topological polar surface area (TPSA) is 68.6 Å². The van der Waals surface area contributed by atoms with Gasteiger partial charge in [0.1, 0.15) is 6.10 Å². The number of hydrogen-bond donors (Lipinski definition) is 0. The lowest BCUT2D eigenvalue weighted by Crippen LogP contribution is -2.50. The van der Waals surface area contributed by atoms with E-state index < -0.39 is 11.4 Å². The SMILES string of the molecule is CCCCC1CCC(OC(=O)C2(C#N)COC(C3CCC(CCC)CC3)OC2)CC1. The van der Waals surface area contributed by atoms with Gasteiger partial charge in [-0.2, -0.15) is 5.26 Å². The Balaban J connectivity index is 1.43. The van der Waals surface area contributed by atoms with Crippen molar-refractivity contribution in [3.8, 4) is 6.07 Å². The van der Waals surface area contributed by atoms with Crippen molar-refractivity contribution in [1.82, 2.24) is 0 Å². The van der Waals surface area contributed by atoms with Gasteiger partial charge in [-0.3, -0.25) is 4.79 Å². The quantitative estimate of drug-likeness (QED) is 0.467. The second kappa shape index (κ2) is 11.5. The Kier molecular flexibility index (Phi) is 9.01. The van der Waals surface area contributed by atoms with Crippen molar-refractivity contribution >= 4 is 5.97 Å². The van der Waals surface area contributed by atoms with E-state index in [0.29, 0.717) is 5.92 Å². The first kappa shape index (κ1) is 23.5. The number of rotatable bonds is 8. The molecular formula is C25H41NO4. The van der Waals surface area contributed by atoms with Crippen LogP contribution in [0, 0.1) is 34.5 Å². The van der Waals surface area contributed by atoms with Crippen LogP contribution in [0.25, 0.3) is 0 Å². The van der Waals surface area contributed by atoms with Crippen LogP contribution in [0.5, 0.6) is 0 Å². The predicted octanol–water partition coefficient (Wildman–Crippen LogP) is 5.77. The lowest BCUT2D eigenvalue weighted by molar-refractivity contribution is -0.247. The van der Waals surface area contributed by atoms with Crippen molar-refractivity contribution in [2.75, 3.05) is 13.2 Å². The Morgan fingerprint density at radius 2 is 1.53 bits per heavy atom. The molecule has 2 aliphatic carbocycles. The zero-order chi connectivity index (χ0) is 21.4. The molecule has 0 spiro atoms. The lowest BCUT2D eigenvalue weighted by Gasteiger charge is -2.40. The number of ether oxygens (including phenoxy) is 3. The largest absolute Gasteiger partial charge is 0.461 e. The van der Waals surface area contributed by atoms with E-state index >= 15 is 0 Å². The van der Waals surface area contributed by atoms with Gasteiger partial charge in [-0.1, -0.05) is 46.0 Å². The van der Waals surface area contributed by atoms with Crippen molar-refractivity contribution in [1.29, 1.82) is 5.26 Å². The summed E-state index contributed by atoms with van der Waals surface area (Å²) < 4.78 is 17.7. The molecule has 0 atom stereocenters. The van der Waals surface area contributed by atoms with Gasteiger partial charge in [0.05, 0.1) is 19.3 Å². The Morgan fingerprint density at radius 3 is 2.10 bits per heavy atom. The van der Waals surface area contributed by atoms with Crippen LogP contribution in [-0.4, -0.2) is 31.6 Å². The molecule has 3 aliphatic rings. The van der Waals surface area contributed by atoms with Crippen molar-refractivity contribution in [2.45, 2.75) is 110 Å². The summed E-state index contributed by atoms with van der Waals surface area (Å²) in [6.07, 6.45) is 14.8. The molecule has 5 nitrogen and oxygen atoms in total. The Bertz CT molecular complexity index is 562. The molecule has 1 aliphatic heterocycles. The van der Waals surface area contributed by atoms with Crippen molar-refractivity contribution in [3.63, 3.8) is 0 Å². The third-order valence-electron chi connectivity index (χ3n) is 7.60. The molecular weight excluding hydrogens is 378 g/mol. The summed E-state index contributed by atoms with van der Waals surface area (Å²) in [7, 11) is 0. The van der Waals surface area contributed by atoms with E-state index in [0.717, 1.165) is 50.4 Å². The first-order valence-electron chi connectivity index (χ1n) is 12.5. The van der Waals surface area contributed by atoms with Crippen LogP contribution < -0.4 is 0 Å². The lowest BCUT2D eigenvalue weighted by atomic mass is 9.79. The minimum Gasteiger partial charge on any atom is -0.461 e. The fourth-order valence-corrected chi connectivity index (χ4v) is 5.49. The van der Waals surface area contributed by atoms with Crippen molar-refractivity contribution in [2.24, 2.45) is 23.2 Å². The summed E-state index contributed by atoms with van der Waals surface area (Å²) in [5, 5.41) is 9.76. The van der Waals surface area contributed by atoms with Crippen LogP contribution in [0.3, 0.4) is 0 Å². The molecule has 0 radical (unpaired) electrons. The molecule has 5 heteroatoms. The molecule has 0 aromatic rings. The molecule has 0 unspecified atom stereocenters. The number of unbranched alkanes of at least 4 members (excludes halogenated alkanes) is 1. The number of carbonyl (C=O) groups excluding carboxylic acids is 1. The van der Waals surface area contributed by atoms with E-state index in [1.165, 1.54) is 44.9 Å². The molecule has 3 rings (SSSR count). The van der Waals surface area contributed by atoms with E-state index in [1.54, 1.807) is 0 Å². The monoisotopic (exact) mass is 419 g/mol. The van der Waals surface area contributed by atoms with Crippen LogP contribution in [0.2, 0.25) is 0 Å². The number of hydrogen-bond acceptors (Lipinski definition) is 5. The summed E-state index contributed by atoms with van der Waals surface area (Å²) in [6, 6.07) is 2.17. The highest BCUT2D eigenvalue weighted by Crippen LogP contribution is 2.38. The van der Waals surface area contributed by atoms with Gasteiger partial charge in [-0.05, 0) is 63.2 Å². The minimum atomic E-state index is -1.31. The van der Waals surface area contributed by atoms with E-state index in [1.807, 2.05) is 0 Å². The molecule has 170 valence electrons. The van der Waals surface area contributed by atoms with E-state index in [2.05, 4.69) is 19.9 Å². The highest BCUT2D eigenvalue weighted by Gasteiger charge is 2.48. The molecule has 30 heavy (non-hydrogen) atoms. The highest BCUT2D eigenvalue weighted by molar-refractivity contribution is 5.80. The van der Waals surface area contributed by atoms with E-state index in [9.17, 15) is 10.1 Å². The van der Waals surface area contributed by atoms with Gasteiger partial charge in [0.15, 0.2) is 6.29 Å². The molecule has 2 saturated carbocycles. The molecule has 1 saturated heterocycles. The van der Waals surface area contributed by atoms with Gasteiger partial charge in [-0.15, -0.1) is 0 Å². The number of carbonyl (C=O) groups is 1. The second-order valence-electron chi connectivity index (χ2n) is 9.94. The van der Waals surface area contributed by atoms with Crippen LogP contribution in [-0.2, 0) is 19.0 Å². The summed E-state index contributed by atoms with van der Waals surface area (Å²) >= 11 is 0. The van der Waals surface area contributed by atoms with E-state index in [-0.39, 0.29) is 25.6 Å². The summed E-state index contributed by atoms with van der Waals surface area (Å²) in [4.78, 5) is 12.9. The van der Waals surface area contributed by atoms with Crippen LogP contribution in [0.1, 0.15) is 97.3 Å². The van der Waals surface area contributed by atoms with Crippen molar-refractivity contribution < 1.29 is 19.0 Å². The normalized spacial score (nSPS) is 37.3.